The molecular weight excluding hydrogens is 305 g/mol. The second kappa shape index (κ2) is 5.94. The molecule has 2 N–H and O–H groups in total. The minimum Gasteiger partial charge on any atom is -0.480 e. The fourth-order valence-electron chi connectivity index (χ4n) is 1.51. The van der Waals surface area contributed by atoms with Crippen LogP contribution < -0.4 is 10.5 Å². The number of ether oxygens (including phenoxy) is 1. The van der Waals surface area contributed by atoms with E-state index in [1.165, 1.54) is 6.07 Å². The van der Waals surface area contributed by atoms with Gasteiger partial charge >= 0.3 is 5.69 Å². The summed E-state index contributed by atoms with van der Waals surface area (Å²) in [6.07, 6.45) is 0. The van der Waals surface area contributed by atoms with Crippen molar-refractivity contribution in [2.75, 3.05) is 5.73 Å². The van der Waals surface area contributed by atoms with Gasteiger partial charge in [0.15, 0.2) is 5.75 Å². The van der Waals surface area contributed by atoms with Crippen LogP contribution in [0.25, 0.3) is 0 Å². The van der Waals surface area contributed by atoms with Gasteiger partial charge in [0.1, 0.15) is 12.4 Å². The minimum atomic E-state index is -0.593. The summed E-state index contributed by atoms with van der Waals surface area (Å²) < 4.78 is 5.37. The van der Waals surface area contributed by atoms with E-state index in [2.05, 4.69) is 4.98 Å². The summed E-state index contributed by atoms with van der Waals surface area (Å²) >= 11 is 11.6. The lowest BCUT2D eigenvalue weighted by Gasteiger charge is -2.08. The SMILES string of the molecule is Nc1cccc(COc2cc(Cl)c(Cl)cc2[N+](=O)[O-])n1. The highest BCUT2D eigenvalue weighted by Gasteiger charge is 2.18. The predicted molar refractivity (Wildman–Crippen MR) is 76.1 cm³/mol. The van der Waals surface area contributed by atoms with Gasteiger partial charge in [-0.05, 0) is 12.1 Å². The predicted octanol–water partition coefficient (Wildman–Crippen LogP) is 3.46. The maximum Gasteiger partial charge on any atom is 0.312 e. The van der Waals surface area contributed by atoms with Crippen LogP contribution in [0.1, 0.15) is 5.69 Å². The average molecular weight is 314 g/mol. The summed E-state index contributed by atoms with van der Waals surface area (Å²) in [5.74, 6) is 0.364. The third-order valence-corrected chi connectivity index (χ3v) is 3.12. The van der Waals surface area contributed by atoms with Gasteiger partial charge < -0.3 is 10.5 Å². The molecule has 0 saturated carbocycles. The number of hydrogen-bond donors (Lipinski definition) is 1. The van der Waals surface area contributed by atoms with Crippen molar-refractivity contribution >= 4 is 34.7 Å². The standard InChI is InChI=1S/C12H9Cl2N3O3/c13-8-4-10(17(18)19)11(5-9(8)14)20-6-7-2-1-3-12(15)16-7/h1-5H,6H2,(H2,15,16). The van der Waals surface area contributed by atoms with E-state index in [0.717, 1.165) is 6.07 Å². The van der Waals surface area contributed by atoms with Crippen molar-refractivity contribution < 1.29 is 9.66 Å². The Kier molecular flexibility index (Phi) is 4.26. The molecule has 0 saturated heterocycles. The topological polar surface area (TPSA) is 91.3 Å². The molecule has 8 heteroatoms. The van der Waals surface area contributed by atoms with Crippen LogP contribution in [0.2, 0.25) is 10.0 Å². The van der Waals surface area contributed by atoms with Gasteiger partial charge in [-0.1, -0.05) is 29.3 Å². The molecule has 0 radical (unpaired) electrons. The van der Waals surface area contributed by atoms with Gasteiger partial charge in [0.05, 0.1) is 20.7 Å². The van der Waals surface area contributed by atoms with Gasteiger partial charge in [0.2, 0.25) is 0 Å². The number of nitrogen functional groups attached to an aromatic ring is 1. The van der Waals surface area contributed by atoms with Crippen LogP contribution in [0.4, 0.5) is 11.5 Å². The first-order valence-electron chi connectivity index (χ1n) is 5.45. The van der Waals surface area contributed by atoms with E-state index in [1.807, 2.05) is 0 Å². The largest absolute Gasteiger partial charge is 0.480 e. The summed E-state index contributed by atoms with van der Waals surface area (Å²) in [7, 11) is 0. The molecule has 0 bridgehead atoms. The molecule has 0 aliphatic carbocycles. The van der Waals surface area contributed by atoms with E-state index in [9.17, 15) is 10.1 Å². The molecule has 0 aliphatic heterocycles. The molecule has 1 heterocycles. The Balaban J connectivity index is 2.24. The van der Waals surface area contributed by atoms with Gasteiger partial charge in [0, 0.05) is 12.1 Å². The first kappa shape index (κ1) is 14.4. The van der Waals surface area contributed by atoms with Gasteiger partial charge in [-0.25, -0.2) is 4.98 Å². The highest BCUT2D eigenvalue weighted by molar-refractivity contribution is 6.42. The number of nitro benzene ring substituents is 1. The molecule has 2 rings (SSSR count). The zero-order valence-electron chi connectivity index (χ0n) is 10.0. The molecule has 2 aromatic rings. The molecule has 6 nitrogen and oxygen atoms in total. The lowest BCUT2D eigenvalue weighted by atomic mass is 10.3. The number of anilines is 1. The molecule has 0 atom stereocenters. The fourth-order valence-corrected chi connectivity index (χ4v) is 1.82. The first-order chi connectivity index (χ1) is 9.47. The highest BCUT2D eigenvalue weighted by Crippen LogP contribution is 2.35. The second-order valence-electron chi connectivity index (χ2n) is 3.83. The fraction of sp³-hybridized carbons (Fsp3) is 0.0833. The molecule has 20 heavy (non-hydrogen) atoms. The molecule has 0 fully saturated rings. The quantitative estimate of drug-likeness (QED) is 0.689. The van der Waals surface area contributed by atoms with Crippen LogP contribution in [0.3, 0.4) is 0 Å². The first-order valence-corrected chi connectivity index (χ1v) is 6.20. The van der Waals surface area contributed by atoms with Gasteiger partial charge in [0.25, 0.3) is 0 Å². The van der Waals surface area contributed by atoms with Gasteiger partial charge in [-0.3, -0.25) is 10.1 Å². The Morgan fingerprint density at radius 1 is 1.30 bits per heavy atom. The molecule has 0 unspecified atom stereocenters. The van der Waals surface area contributed by atoms with Crippen LogP contribution in [0.15, 0.2) is 30.3 Å². The Labute approximate surface area is 124 Å². The lowest BCUT2D eigenvalue weighted by molar-refractivity contribution is -0.385. The molecule has 0 spiro atoms. The Morgan fingerprint density at radius 2 is 2.00 bits per heavy atom. The minimum absolute atomic E-state index is 0.0219. The van der Waals surface area contributed by atoms with Crippen LogP contribution in [0, 0.1) is 10.1 Å². The zero-order chi connectivity index (χ0) is 14.7. The molecule has 0 amide bonds. The summed E-state index contributed by atoms with van der Waals surface area (Å²) in [5, 5.41) is 11.2. The number of halogens is 2. The van der Waals surface area contributed by atoms with Crippen molar-refractivity contribution in [3.05, 3.63) is 56.2 Å². The number of benzene rings is 1. The normalized spacial score (nSPS) is 10.3. The van der Waals surface area contributed by atoms with E-state index >= 15 is 0 Å². The average Bonchev–Trinajstić information content (AvgIpc) is 2.39. The number of nitrogens with zero attached hydrogens (tertiary/aromatic N) is 2. The summed E-state index contributed by atoms with van der Waals surface area (Å²) in [4.78, 5) is 14.4. The highest BCUT2D eigenvalue weighted by atomic mass is 35.5. The smallest absolute Gasteiger partial charge is 0.312 e. The van der Waals surface area contributed by atoms with E-state index in [-0.39, 0.29) is 28.1 Å². The maximum atomic E-state index is 10.9. The number of pyridine rings is 1. The third-order valence-electron chi connectivity index (χ3n) is 2.40. The molecule has 1 aromatic heterocycles. The Bertz CT molecular complexity index is 664. The number of aromatic nitrogens is 1. The van der Waals surface area contributed by atoms with Crippen molar-refractivity contribution in [1.82, 2.24) is 4.98 Å². The Morgan fingerprint density at radius 3 is 2.65 bits per heavy atom. The number of nitrogens with two attached hydrogens (primary N) is 1. The van der Waals surface area contributed by atoms with E-state index in [4.69, 9.17) is 33.7 Å². The van der Waals surface area contributed by atoms with Crippen LogP contribution in [-0.4, -0.2) is 9.91 Å². The lowest BCUT2D eigenvalue weighted by Crippen LogP contribution is -2.02. The third kappa shape index (κ3) is 3.28. The van der Waals surface area contributed by atoms with E-state index in [0.29, 0.717) is 11.5 Å². The summed E-state index contributed by atoms with van der Waals surface area (Å²) in [6.45, 7) is 0.0316. The van der Waals surface area contributed by atoms with Crippen molar-refractivity contribution in [1.29, 1.82) is 0 Å². The second-order valence-corrected chi connectivity index (χ2v) is 4.65. The summed E-state index contributed by atoms with van der Waals surface area (Å²) in [5.41, 5.74) is 5.82. The number of rotatable bonds is 4. The summed E-state index contributed by atoms with van der Waals surface area (Å²) in [6, 6.07) is 7.48. The van der Waals surface area contributed by atoms with Gasteiger partial charge in [-0.2, -0.15) is 0 Å². The van der Waals surface area contributed by atoms with E-state index in [1.54, 1.807) is 18.2 Å². The molecule has 0 aliphatic rings. The van der Waals surface area contributed by atoms with Crippen molar-refractivity contribution in [2.24, 2.45) is 0 Å². The van der Waals surface area contributed by atoms with Crippen molar-refractivity contribution in [3.8, 4) is 5.75 Å². The zero-order valence-corrected chi connectivity index (χ0v) is 11.6. The van der Waals surface area contributed by atoms with Crippen LogP contribution in [0.5, 0.6) is 5.75 Å². The molecular formula is C12H9Cl2N3O3. The number of hydrogen-bond acceptors (Lipinski definition) is 5. The number of nitro groups is 1. The van der Waals surface area contributed by atoms with Gasteiger partial charge in [-0.15, -0.1) is 0 Å². The van der Waals surface area contributed by atoms with Crippen LogP contribution >= 0.6 is 23.2 Å². The van der Waals surface area contributed by atoms with Crippen molar-refractivity contribution in [2.45, 2.75) is 6.61 Å². The maximum absolute atomic E-state index is 10.9. The molecule has 1 aromatic carbocycles. The molecule has 104 valence electrons. The van der Waals surface area contributed by atoms with Crippen molar-refractivity contribution in [3.63, 3.8) is 0 Å². The van der Waals surface area contributed by atoms with Crippen LogP contribution in [-0.2, 0) is 6.61 Å². The van der Waals surface area contributed by atoms with E-state index < -0.39 is 4.92 Å². The Hall–Kier alpha value is -2.05. The monoisotopic (exact) mass is 313 g/mol.